The second-order valence-electron chi connectivity index (χ2n) is 7.59. The first kappa shape index (κ1) is 17.5. The topological polar surface area (TPSA) is 40.6 Å². The minimum absolute atomic E-state index is 0.233. The molecule has 4 heteroatoms. The van der Waals surface area contributed by atoms with E-state index in [-0.39, 0.29) is 11.8 Å². The molecular weight excluding hydrogens is 300 g/mol. The van der Waals surface area contributed by atoms with Gasteiger partial charge in [0.05, 0.1) is 0 Å². The molecule has 0 radical (unpaired) electrons. The highest BCUT2D eigenvalue weighted by Crippen LogP contribution is 2.35. The first-order valence-corrected chi connectivity index (χ1v) is 10.0. The molecule has 0 aromatic heterocycles. The van der Waals surface area contributed by atoms with Crippen LogP contribution in [0.25, 0.3) is 0 Å². The van der Waals surface area contributed by atoms with Gasteiger partial charge in [-0.05, 0) is 57.3 Å². The summed E-state index contributed by atoms with van der Waals surface area (Å²) < 4.78 is 0. The molecule has 2 aliphatic heterocycles. The maximum absolute atomic E-state index is 12.6. The average Bonchev–Trinajstić information content (AvgIpc) is 2.90. The maximum atomic E-state index is 12.6. The van der Waals surface area contributed by atoms with Crippen LogP contribution in [0.15, 0.2) is 11.8 Å². The molecule has 4 nitrogen and oxygen atoms in total. The second kappa shape index (κ2) is 8.68. The van der Waals surface area contributed by atoms with E-state index in [0.717, 1.165) is 45.3 Å². The van der Waals surface area contributed by atoms with Crippen LogP contribution in [0.4, 0.5) is 0 Å². The van der Waals surface area contributed by atoms with Crippen LogP contribution in [-0.2, 0) is 9.59 Å². The molecule has 3 rings (SSSR count). The highest BCUT2D eigenvalue weighted by molar-refractivity contribution is 5.80. The lowest BCUT2D eigenvalue weighted by atomic mass is 9.85. The van der Waals surface area contributed by atoms with Gasteiger partial charge in [-0.2, -0.15) is 0 Å². The van der Waals surface area contributed by atoms with Crippen LogP contribution in [0.5, 0.6) is 0 Å². The predicted octanol–water partition coefficient (Wildman–Crippen LogP) is 3.87. The second-order valence-corrected chi connectivity index (χ2v) is 7.59. The molecule has 2 heterocycles. The molecule has 1 aliphatic carbocycles. The highest BCUT2D eigenvalue weighted by Gasteiger charge is 2.30. The van der Waals surface area contributed by atoms with Crippen LogP contribution < -0.4 is 0 Å². The van der Waals surface area contributed by atoms with Crippen molar-refractivity contribution in [1.82, 2.24) is 9.80 Å². The van der Waals surface area contributed by atoms with Crippen molar-refractivity contribution in [1.29, 1.82) is 0 Å². The van der Waals surface area contributed by atoms with Crippen LogP contribution in [0.3, 0.4) is 0 Å². The lowest BCUT2D eigenvalue weighted by Gasteiger charge is -2.38. The minimum Gasteiger partial charge on any atom is -0.343 e. The molecule has 24 heavy (non-hydrogen) atoms. The zero-order chi connectivity index (χ0) is 16.8. The van der Waals surface area contributed by atoms with Crippen molar-refractivity contribution in [3.63, 3.8) is 0 Å². The quantitative estimate of drug-likeness (QED) is 0.784. The van der Waals surface area contributed by atoms with Crippen LogP contribution in [0, 0.1) is 5.92 Å². The third-order valence-electron chi connectivity index (χ3n) is 5.82. The molecule has 0 saturated carbocycles. The summed E-state index contributed by atoms with van der Waals surface area (Å²) in [6.07, 6.45) is 14.8. The molecule has 2 amide bonds. The summed E-state index contributed by atoms with van der Waals surface area (Å²) in [5, 5.41) is 0. The molecule has 2 saturated heterocycles. The van der Waals surface area contributed by atoms with Crippen molar-refractivity contribution in [2.24, 2.45) is 5.92 Å². The molecule has 1 atom stereocenters. The number of nitrogens with zero attached hydrogens (tertiary/aromatic N) is 2. The Kier molecular flexibility index (Phi) is 6.33. The smallest absolute Gasteiger partial charge is 0.226 e. The standard InChI is InChI=1S/C20H32N2O2/c23-19(21-14-5-1-2-6-15-21)12-7-13-20(24)22-16-8-10-17-9-3-4-11-18(17)22/h11,17H,1-10,12-16H2. The van der Waals surface area contributed by atoms with Crippen molar-refractivity contribution >= 4 is 11.8 Å². The van der Waals surface area contributed by atoms with E-state index in [9.17, 15) is 9.59 Å². The van der Waals surface area contributed by atoms with Gasteiger partial charge in [-0.1, -0.05) is 18.9 Å². The Hall–Kier alpha value is -1.32. The summed E-state index contributed by atoms with van der Waals surface area (Å²) in [6, 6.07) is 0. The van der Waals surface area contributed by atoms with Crippen LogP contribution in [-0.4, -0.2) is 41.2 Å². The number of hydrogen-bond acceptors (Lipinski definition) is 2. The third kappa shape index (κ3) is 4.40. The summed E-state index contributed by atoms with van der Waals surface area (Å²) in [6.45, 7) is 2.70. The average molecular weight is 332 g/mol. The van der Waals surface area contributed by atoms with E-state index in [2.05, 4.69) is 6.08 Å². The van der Waals surface area contributed by atoms with E-state index in [1.165, 1.54) is 37.8 Å². The van der Waals surface area contributed by atoms with Crippen molar-refractivity contribution in [3.8, 4) is 0 Å². The van der Waals surface area contributed by atoms with Crippen LogP contribution in [0.1, 0.15) is 77.0 Å². The number of carbonyl (C=O) groups excluding carboxylic acids is 2. The van der Waals surface area contributed by atoms with Crippen LogP contribution in [0.2, 0.25) is 0 Å². The van der Waals surface area contributed by atoms with Gasteiger partial charge in [0.15, 0.2) is 0 Å². The van der Waals surface area contributed by atoms with Crippen molar-refractivity contribution in [3.05, 3.63) is 11.8 Å². The van der Waals surface area contributed by atoms with Gasteiger partial charge in [0.25, 0.3) is 0 Å². The molecule has 2 fully saturated rings. The lowest BCUT2D eigenvalue weighted by molar-refractivity contribution is -0.132. The van der Waals surface area contributed by atoms with Crippen molar-refractivity contribution in [2.75, 3.05) is 19.6 Å². The first-order chi connectivity index (χ1) is 11.8. The Balaban J connectivity index is 1.45. The number of amides is 2. The van der Waals surface area contributed by atoms with E-state index in [1.54, 1.807) is 0 Å². The number of carbonyl (C=O) groups is 2. The van der Waals surface area contributed by atoms with Gasteiger partial charge >= 0.3 is 0 Å². The van der Waals surface area contributed by atoms with E-state index < -0.39 is 0 Å². The van der Waals surface area contributed by atoms with Gasteiger partial charge < -0.3 is 9.80 Å². The fourth-order valence-corrected chi connectivity index (χ4v) is 4.45. The molecule has 0 aromatic carbocycles. The van der Waals surface area contributed by atoms with Gasteiger partial charge in [-0.15, -0.1) is 0 Å². The highest BCUT2D eigenvalue weighted by atomic mass is 16.2. The molecular formula is C20H32N2O2. The molecule has 134 valence electrons. The van der Waals surface area contributed by atoms with Gasteiger partial charge in [0, 0.05) is 38.2 Å². The Labute approximate surface area is 146 Å². The molecule has 0 spiro atoms. The van der Waals surface area contributed by atoms with Gasteiger partial charge in [0.1, 0.15) is 0 Å². The van der Waals surface area contributed by atoms with Gasteiger partial charge in [-0.25, -0.2) is 0 Å². The number of likely N-dealkylation sites (tertiary alicyclic amines) is 2. The van der Waals surface area contributed by atoms with E-state index in [1.807, 2.05) is 9.80 Å². The van der Waals surface area contributed by atoms with Crippen molar-refractivity contribution < 1.29 is 9.59 Å². The Morgan fingerprint density at radius 2 is 1.58 bits per heavy atom. The fourth-order valence-electron chi connectivity index (χ4n) is 4.45. The summed E-state index contributed by atoms with van der Waals surface area (Å²) >= 11 is 0. The predicted molar refractivity (Wildman–Crippen MR) is 95.3 cm³/mol. The molecule has 0 bridgehead atoms. The normalized spacial score (nSPS) is 24.8. The summed E-state index contributed by atoms with van der Waals surface area (Å²) in [5.74, 6) is 1.09. The van der Waals surface area contributed by atoms with Crippen molar-refractivity contribution in [2.45, 2.75) is 77.0 Å². The van der Waals surface area contributed by atoms with Gasteiger partial charge in [0.2, 0.25) is 11.8 Å². The summed E-state index contributed by atoms with van der Waals surface area (Å²) in [5.41, 5.74) is 1.29. The van der Waals surface area contributed by atoms with E-state index in [4.69, 9.17) is 0 Å². The first-order valence-electron chi connectivity index (χ1n) is 10.0. The van der Waals surface area contributed by atoms with E-state index >= 15 is 0 Å². The van der Waals surface area contributed by atoms with Crippen LogP contribution >= 0.6 is 0 Å². The van der Waals surface area contributed by atoms with Gasteiger partial charge in [-0.3, -0.25) is 9.59 Å². The SMILES string of the molecule is O=C(CCCC(=O)N1CCCC2CCCC=C21)N1CCCCCC1. The molecule has 1 unspecified atom stereocenters. The zero-order valence-electron chi connectivity index (χ0n) is 15.0. The molecule has 3 aliphatic rings. The summed E-state index contributed by atoms with van der Waals surface area (Å²) in [4.78, 5) is 29.0. The fraction of sp³-hybridized carbons (Fsp3) is 0.800. The minimum atomic E-state index is 0.233. The Bertz CT molecular complexity index is 478. The zero-order valence-corrected chi connectivity index (χ0v) is 15.0. The number of hydrogen-bond donors (Lipinski definition) is 0. The third-order valence-corrected chi connectivity index (χ3v) is 5.82. The number of allylic oxidation sites excluding steroid dienone is 2. The largest absolute Gasteiger partial charge is 0.343 e. The lowest BCUT2D eigenvalue weighted by Crippen LogP contribution is -2.39. The molecule has 0 N–H and O–H groups in total. The maximum Gasteiger partial charge on any atom is 0.226 e. The monoisotopic (exact) mass is 332 g/mol. The number of piperidine rings is 1. The number of fused-ring (bicyclic) bond motifs is 1. The summed E-state index contributed by atoms with van der Waals surface area (Å²) in [7, 11) is 0. The van der Waals surface area contributed by atoms with E-state index in [0.29, 0.717) is 25.2 Å². The Morgan fingerprint density at radius 1 is 0.875 bits per heavy atom. The molecule has 0 aromatic rings. The number of rotatable bonds is 4. The Morgan fingerprint density at radius 3 is 2.38 bits per heavy atom.